The Hall–Kier alpha value is -2.93. The first-order chi connectivity index (χ1) is 14.5. The molecule has 2 aromatic carbocycles. The van der Waals surface area contributed by atoms with Gasteiger partial charge in [-0.3, -0.25) is 19.3 Å². The van der Waals surface area contributed by atoms with Crippen molar-refractivity contribution in [2.24, 2.45) is 0 Å². The van der Waals surface area contributed by atoms with Crippen LogP contribution in [-0.2, 0) is 29.1 Å². The van der Waals surface area contributed by atoms with Crippen molar-refractivity contribution in [2.45, 2.75) is 32.4 Å². The molecule has 1 aromatic heterocycles. The number of hydrogen-bond acceptors (Lipinski definition) is 3. The van der Waals surface area contributed by atoms with Gasteiger partial charge in [0.05, 0.1) is 12.1 Å². The summed E-state index contributed by atoms with van der Waals surface area (Å²) in [4.78, 5) is 43.3. The van der Waals surface area contributed by atoms with E-state index in [2.05, 4.69) is 27.0 Å². The molecule has 0 saturated carbocycles. The topological polar surface area (TPSA) is 73.5 Å². The molecule has 3 amide bonds. The van der Waals surface area contributed by atoms with Gasteiger partial charge in [0.25, 0.3) is 5.91 Å². The molecule has 152 valence electrons. The minimum absolute atomic E-state index is 0.00938. The maximum atomic E-state index is 13.1. The van der Waals surface area contributed by atoms with Crippen LogP contribution in [0.25, 0.3) is 10.9 Å². The Labute approximate surface area is 182 Å². The van der Waals surface area contributed by atoms with Crippen molar-refractivity contribution in [1.29, 1.82) is 0 Å². The highest BCUT2D eigenvalue weighted by Gasteiger charge is 2.29. The summed E-state index contributed by atoms with van der Waals surface area (Å²) in [7, 11) is 0. The van der Waals surface area contributed by atoms with E-state index in [1.807, 2.05) is 29.2 Å². The second kappa shape index (κ2) is 7.40. The summed E-state index contributed by atoms with van der Waals surface area (Å²) in [6, 6.07) is 13.3. The molecule has 5 rings (SSSR count). The van der Waals surface area contributed by atoms with E-state index >= 15 is 0 Å². The van der Waals surface area contributed by atoms with Crippen LogP contribution in [0.15, 0.2) is 46.9 Å². The van der Waals surface area contributed by atoms with Gasteiger partial charge in [0.1, 0.15) is 0 Å². The fraction of sp³-hybridized carbons (Fsp3) is 0.261. The maximum absolute atomic E-state index is 13.1. The second-order valence-electron chi connectivity index (χ2n) is 7.79. The van der Waals surface area contributed by atoms with Gasteiger partial charge in [0.2, 0.25) is 11.8 Å². The Morgan fingerprint density at radius 2 is 1.73 bits per heavy atom. The molecule has 0 aliphatic carbocycles. The first-order valence-electron chi connectivity index (χ1n) is 10.0. The third-order valence-electron chi connectivity index (χ3n) is 5.94. The van der Waals surface area contributed by atoms with E-state index in [-0.39, 0.29) is 37.1 Å². The summed E-state index contributed by atoms with van der Waals surface area (Å²) >= 11 is 3.59. The smallest absolute Gasteiger partial charge is 0.254 e. The number of amides is 3. The van der Waals surface area contributed by atoms with Crippen LogP contribution in [0, 0.1) is 0 Å². The number of halogens is 1. The molecule has 7 heteroatoms. The van der Waals surface area contributed by atoms with Crippen molar-refractivity contribution in [3.05, 3.63) is 69.3 Å². The molecule has 6 nitrogen and oxygen atoms in total. The zero-order valence-electron chi connectivity index (χ0n) is 16.3. The van der Waals surface area contributed by atoms with Gasteiger partial charge >= 0.3 is 0 Å². The normalized spacial score (nSPS) is 16.4. The first kappa shape index (κ1) is 19.1. The molecular formula is C23H20BrN3O3. The molecule has 0 radical (unpaired) electrons. The molecule has 1 N–H and O–H groups in total. The van der Waals surface area contributed by atoms with Gasteiger partial charge in [-0.05, 0) is 39.7 Å². The molecule has 1 saturated heterocycles. The lowest BCUT2D eigenvalue weighted by Crippen LogP contribution is -2.35. The average Bonchev–Trinajstić information content (AvgIpc) is 3.29. The Bertz CT molecular complexity index is 1170. The van der Waals surface area contributed by atoms with Crippen LogP contribution >= 0.6 is 15.9 Å². The minimum atomic E-state index is -0.130. The number of carbonyl (C=O) groups is 3. The average molecular weight is 466 g/mol. The molecule has 0 unspecified atom stereocenters. The summed E-state index contributed by atoms with van der Waals surface area (Å²) in [6.45, 7) is 1.50. The van der Waals surface area contributed by atoms with Crippen LogP contribution in [0.1, 0.15) is 40.0 Å². The Kier molecular flexibility index (Phi) is 4.70. The monoisotopic (exact) mass is 465 g/mol. The molecule has 2 aliphatic rings. The lowest BCUT2D eigenvalue weighted by atomic mass is 10.0. The summed E-state index contributed by atoms with van der Waals surface area (Å²) in [6.07, 6.45) is 1.37. The number of nitrogens with zero attached hydrogens (tertiary/aromatic N) is 2. The number of aromatic nitrogens is 1. The molecular weight excluding hydrogens is 446 g/mol. The number of carbonyl (C=O) groups excluding carboxylic acids is 3. The van der Waals surface area contributed by atoms with Gasteiger partial charge in [0, 0.05) is 59.0 Å². The number of imide groups is 1. The van der Waals surface area contributed by atoms with Crippen LogP contribution < -0.4 is 0 Å². The number of H-pyrrole nitrogens is 1. The quantitative estimate of drug-likeness (QED) is 0.598. The highest BCUT2D eigenvalue weighted by atomic mass is 79.9. The van der Waals surface area contributed by atoms with Gasteiger partial charge in [-0.25, -0.2) is 0 Å². The van der Waals surface area contributed by atoms with E-state index in [9.17, 15) is 14.4 Å². The van der Waals surface area contributed by atoms with Crippen molar-refractivity contribution < 1.29 is 14.4 Å². The van der Waals surface area contributed by atoms with Crippen LogP contribution in [0.3, 0.4) is 0 Å². The Morgan fingerprint density at radius 3 is 2.47 bits per heavy atom. The maximum Gasteiger partial charge on any atom is 0.254 e. The predicted molar refractivity (Wildman–Crippen MR) is 116 cm³/mol. The van der Waals surface area contributed by atoms with Crippen molar-refractivity contribution in [3.8, 4) is 0 Å². The number of rotatable bonds is 3. The summed E-state index contributed by atoms with van der Waals surface area (Å²) < 4.78 is 1.03. The van der Waals surface area contributed by atoms with Crippen LogP contribution in [0.2, 0.25) is 0 Å². The Morgan fingerprint density at radius 1 is 1.00 bits per heavy atom. The van der Waals surface area contributed by atoms with Gasteiger partial charge < -0.3 is 9.88 Å². The molecule has 30 heavy (non-hydrogen) atoms. The van der Waals surface area contributed by atoms with Crippen molar-refractivity contribution in [3.63, 3.8) is 0 Å². The van der Waals surface area contributed by atoms with Crippen LogP contribution in [0.5, 0.6) is 0 Å². The lowest BCUT2D eigenvalue weighted by Gasteiger charge is -2.27. The van der Waals surface area contributed by atoms with Gasteiger partial charge in [0.15, 0.2) is 0 Å². The first-order valence-corrected chi connectivity index (χ1v) is 10.8. The summed E-state index contributed by atoms with van der Waals surface area (Å²) in [5.74, 6) is -0.269. The number of benzene rings is 2. The summed E-state index contributed by atoms with van der Waals surface area (Å²) in [5.41, 5.74) is 4.90. The SMILES string of the molecule is O=C(c1ccc(CN2C(=O)CCC2=O)cc1)N1CCc2[nH]c3c(Br)cccc3c2C1. The highest BCUT2D eigenvalue weighted by Crippen LogP contribution is 2.32. The van der Waals surface area contributed by atoms with Crippen LogP contribution in [0.4, 0.5) is 0 Å². The lowest BCUT2D eigenvalue weighted by molar-refractivity contribution is -0.139. The van der Waals surface area contributed by atoms with Gasteiger partial charge in [-0.1, -0.05) is 24.3 Å². The van der Waals surface area contributed by atoms with E-state index in [0.29, 0.717) is 18.7 Å². The molecule has 0 spiro atoms. The number of para-hydroxylation sites is 1. The largest absolute Gasteiger partial charge is 0.357 e. The fourth-order valence-corrected chi connectivity index (χ4v) is 4.76. The molecule has 0 bridgehead atoms. The minimum Gasteiger partial charge on any atom is -0.357 e. The molecule has 2 aliphatic heterocycles. The van der Waals surface area contributed by atoms with E-state index in [1.54, 1.807) is 12.1 Å². The van der Waals surface area contributed by atoms with Crippen LogP contribution in [-0.4, -0.2) is 39.1 Å². The van der Waals surface area contributed by atoms with E-state index in [4.69, 9.17) is 0 Å². The van der Waals surface area contributed by atoms with Gasteiger partial charge in [-0.15, -0.1) is 0 Å². The molecule has 3 aromatic rings. The van der Waals surface area contributed by atoms with E-state index in [0.717, 1.165) is 27.4 Å². The predicted octanol–water partition coefficient (Wildman–Crippen LogP) is 3.78. The number of nitrogens with one attached hydrogen (secondary N) is 1. The van der Waals surface area contributed by atoms with Crippen molar-refractivity contribution in [2.75, 3.05) is 6.54 Å². The van der Waals surface area contributed by atoms with E-state index in [1.165, 1.54) is 16.2 Å². The number of likely N-dealkylation sites (tertiary alicyclic amines) is 1. The fourth-order valence-electron chi connectivity index (χ4n) is 4.29. The summed E-state index contributed by atoms with van der Waals surface area (Å²) in [5, 5.41) is 1.15. The molecule has 1 fully saturated rings. The Balaban J connectivity index is 1.33. The van der Waals surface area contributed by atoms with Crippen molar-refractivity contribution in [1.82, 2.24) is 14.8 Å². The molecule has 0 atom stereocenters. The molecule has 3 heterocycles. The third-order valence-corrected chi connectivity index (χ3v) is 6.60. The number of hydrogen-bond donors (Lipinski definition) is 1. The zero-order valence-corrected chi connectivity index (χ0v) is 17.9. The van der Waals surface area contributed by atoms with Gasteiger partial charge in [-0.2, -0.15) is 0 Å². The zero-order chi connectivity index (χ0) is 20.8. The third kappa shape index (κ3) is 3.23. The number of aromatic amines is 1. The van der Waals surface area contributed by atoms with Crippen molar-refractivity contribution >= 4 is 44.6 Å². The second-order valence-corrected chi connectivity index (χ2v) is 8.65. The standard InChI is InChI=1S/C23H20BrN3O3/c24-18-3-1-2-16-17-13-26(11-10-19(17)25-22(16)18)23(30)15-6-4-14(5-7-15)12-27-20(28)8-9-21(27)29/h1-7,25H,8-13H2. The van der Waals surface area contributed by atoms with E-state index < -0.39 is 0 Å². The highest BCUT2D eigenvalue weighted by molar-refractivity contribution is 9.10. The number of fused-ring (bicyclic) bond motifs is 3.